The molecule has 1 aliphatic carbocycles. The lowest BCUT2D eigenvalue weighted by Crippen LogP contribution is -2.52. The van der Waals surface area contributed by atoms with Crippen LogP contribution in [0.5, 0.6) is 0 Å². The van der Waals surface area contributed by atoms with Crippen LogP contribution in [0.25, 0.3) is 0 Å². The van der Waals surface area contributed by atoms with E-state index in [1.54, 1.807) is 31.2 Å². The summed E-state index contributed by atoms with van der Waals surface area (Å²) in [5, 5.41) is 22.7. The molecular formula is C17H24N2O4. The number of aliphatic hydroxyl groups excluding tert-OH is 1. The highest BCUT2D eigenvalue weighted by Crippen LogP contribution is 2.21. The molecule has 2 amide bonds. The van der Waals surface area contributed by atoms with Crippen molar-refractivity contribution in [1.82, 2.24) is 10.2 Å². The van der Waals surface area contributed by atoms with E-state index in [1.165, 1.54) is 0 Å². The standard InChI is InChI=1S/C17H24N2O4/c1-2-6-14(15(20)16(21)18-13-9-10-13)19(17(22)23)11-12-7-4-3-5-8-12/h3-5,7-8,13-15,20H,2,6,9-11H2,1H3,(H,18,21)(H,22,23)/t14-,15?/m0/s1/i14D. The Morgan fingerprint density at radius 2 is 2.04 bits per heavy atom. The maximum absolute atomic E-state index is 12.2. The highest BCUT2D eigenvalue weighted by molar-refractivity contribution is 5.82. The summed E-state index contributed by atoms with van der Waals surface area (Å²) in [5.74, 6) is -0.680. The van der Waals surface area contributed by atoms with Gasteiger partial charge in [-0.15, -0.1) is 0 Å². The second kappa shape index (κ2) is 7.97. The normalized spacial score (nSPS) is 18.4. The Bertz CT molecular complexity index is 579. The molecule has 23 heavy (non-hydrogen) atoms. The Balaban J connectivity index is 2.24. The van der Waals surface area contributed by atoms with Crippen molar-refractivity contribution in [3.8, 4) is 0 Å². The van der Waals surface area contributed by atoms with Gasteiger partial charge < -0.3 is 15.5 Å². The van der Waals surface area contributed by atoms with Crippen LogP contribution in [0, 0.1) is 0 Å². The summed E-state index contributed by atoms with van der Waals surface area (Å²) < 4.78 is 8.59. The number of benzene rings is 1. The zero-order valence-corrected chi connectivity index (χ0v) is 13.2. The summed E-state index contributed by atoms with van der Waals surface area (Å²) in [5.41, 5.74) is 0.697. The lowest BCUT2D eigenvalue weighted by atomic mass is 10.0. The van der Waals surface area contributed by atoms with E-state index in [2.05, 4.69) is 5.32 Å². The van der Waals surface area contributed by atoms with Crippen molar-refractivity contribution >= 4 is 12.0 Å². The van der Waals surface area contributed by atoms with E-state index < -0.39 is 24.1 Å². The number of amides is 2. The van der Waals surface area contributed by atoms with E-state index in [-0.39, 0.29) is 19.0 Å². The molecule has 0 saturated heterocycles. The number of rotatable bonds is 8. The van der Waals surface area contributed by atoms with Crippen LogP contribution in [-0.4, -0.2) is 45.3 Å². The number of nitrogens with one attached hydrogen (secondary N) is 1. The van der Waals surface area contributed by atoms with Gasteiger partial charge in [0.05, 0.1) is 7.39 Å². The molecule has 2 atom stereocenters. The third-order valence-electron chi connectivity index (χ3n) is 3.75. The molecule has 1 fully saturated rings. The monoisotopic (exact) mass is 321 g/mol. The van der Waals surface area contributed by atoms with Gasteiger partial charge in [0.25, 0.3) is 5.91 Å². The lowest BCUT2D eigenvalue weighted by molar-refractivity contribution is -0.133. The van der Waals surface area contributed by atoms with Gasteiger partial charge in [-0.1, -0.05) is 43.7 Å². The van der Waals surface area contributed by atoms with Crippen molar-refractivity contribution < 1.29 is 21.2 Å². The van der Waals surface area contributed by atoms with E-state index in [0.29, 0.717) is 12.0 Å². The Morgan fingerprint density at radius 1 is 1.39 bits per heavy atom. The van der Waals surface area contributed by atoms with Crippen LogP contribution in [0.1, 0.15) is 39.5 Å². The molecule has 0 radical (unpaired) electrons. The number of carbonyl (C=O) groups excluding carboxylic acids is 1. The Hall–Kier alpha value is -2.08. The predicted molar refractivity (Wildman–Crippen MR) is 85.9 cm³/mol. The topological polar surface area (TPSA) is 89.9 Å². The highest BCUT2D eigenvalue weighted by atomic mass is 16.4. The van der Waals surface area contributed by atoms with Crippen LogP contribution in [0.4, 0.5) is 4.79 Å². The molecule has 1 aromatic rings. The summed E-state index contributed by atoms with van der Waals surface area (Å²) >= 11 is 0. The molecule has 6 nitrogen and oxygen atoms in total. The van der Waals surface area contributed by atoms with Gasteiger partial charge in [-0.25, -0.2) is 4.79 Å². The van der Waals surface area contributed by atoms with Gasteiger partial charge in [0.2, 0.25) is 0 Å². The van der Waals surface area contributed by atoms with Gasteiger partial charge in [0.15, 0.2) is 6.10 Å². The molecule has 3 N–H and O–H groups in total. The zero-order valence-electron chi connectivity index (χ0n) is 14.2. The van der Waals surface area contributed by atoms with Gasteiger partial charge in [-0.2, -0.15) is 0 Å². The number of hydrogen-bond donors (Lipinski definition) is 3. The van der Waals surface area contributed by atoms with Gasteiger partial charge in [0.1, 0.15) is 0 Å². The molecule has 0 heterocycles. The number of carbonyl (C=O) groups is 2. The predicted octanol–water partition coefficient (Wildman–Crippen LogP) is 1.97. The van der Waals surface area contributed by atoms with Crippen molar-refractivity contribution in [2.24, 2.45) is 0 Å². The quantitative estimate of drug-likeness (QED) is 0.683. The molecule has 0 spiro atoms. The SMILES string of the molecule is [2H][C@](CCC)(C(O)C(=O)NC1CC1)N(Cc1ccccc1)C(=O)O. The van der Waals surface area contributed by atoms with Crippen LogP contribution >= 0.6 is 0 Å². The van der Waals surface area contributed by atoms with Crippen molar-refractivity contribution in [2.45, 2.75) is 57.3 Å². The fraction of sp³-hybridized carbons (Fsp3) is 0.529. The molecule has 1 unspecified atom stereocenters. The van der Waals surface area contributed by atoms with Gasteiger partial charge in [-0.3, -0.25) is 9.69 Å². The summed E-state index contributed by atoms with van der Waals surface area (Å²) in [7, 11) is 0. The Kier molecular flexibility index (Phi) is 5.47. The second-order valence-corrected chi connectivity index (χ2v) is 5.78. The molecule has 2 rings (SSSR count). The van der Waals surface area contributed by atoms with Gasteiger partial charge in [0, 0.05) is 12.6 Å². The molecular weight excluding hydrogens is 296 g/mol. The first-order valence-corrected chi connectivity index (χ1v) is 7.91. The van der Waals surface area contributed by atoms with Crippen LogP contribution in [-0.2, 0) is 11.3 Å². The summed E-state index contributed by atoms with van der Waals surface area (Å²) in [6.45, 7) is 1.73. The van der Waals surface area contributed by atoms with Crippen molar-refractivity contribution in [3.05, 3.63) is 35.9 Å². The van der Waals surface area contributed by atoms with E-state index in [4.69, 9.17) is 1.37 Å². The number of aliphatic hydroxyl groups is 1. The van der Waals surface area contributed by atoms with Gasteiger partial charge in [-0.05, 0) is 24.8 Å². The number of carboxylic acid groups (broad SMARTS) is 1. The zero-order chi connectivity index (χ0) is 17.7. The molecule has 1 aliphatic rings. The Morgan fingerprint density at radius 3 is 2.57 bits per heavy atom. The average Bonchev–Trinajstić information content (AvgIpc) is 3.36. The number of hydrogen-bond acceptors (Lipinski definition) is 3. The molecule has 0 aliphatic heterocycles. The Labute approximate surface area is 137 Å². The van der Waals surface area contributed by atoms with Gasteiger partial charge >= 0.3 is 6.09 Å². The van der Waals surface area contributed by atoms with E-state index in [1.807, 2.05) is 6.07 Å². The van der Waals surface area contributed by atoms with E-state index >= 15 is 0 Å². The maximum Gasteiger partial charge on any atom is 0.407 e. The van der Waals surface area contributed by atoms with Crippen LogP contribution in [0.2, 0.25) is 0 Å². The van der Waals surface area contributed by atoms with Crippen LogP contribution in [0.3, 0.4) is 0 Å². The second-order valence-electron chi connectivity index (χ2n) is 5.78. The fourth-order valence-corrected chi connectivity index (χ4v) is 2.39. The largest absolute Gasteiger partial charge is 0.465 e. The lowest BCUT2D eigenvalue weighted by Gasteiger charge is -2.32. The summed E-state index contributed by atoms with van der Waals surface area (Å²) in [6, 6.07) is 6.96. The minimum atomic E-state index is -1.94. The van der Waals surface area contributed by atoms with Crippen LogP contribution in [0.15, 0.2) is 30.3 Å². The fourth-order valence-electron chi connectivity index (χ4n) is 2.39. The minimum absolute atomic E-state index is 0.0328. The molecule has 126 valence electrons. The molecule has 0 aromatic heterocycles. The first-order valence-electron chi connectivity index (χ1n) is 8.41. The van der Waals surface area contributed by atoms with Crippen molar-refractivity contribution in [3.63, 3.8) is 0 Å². The highest BCUT2D eigenvalue weighted by Gasteiger charge is 2.35. The van der Waals surface area contributed by atoms with E-state index in [9.17, 15) is 19.8 Å². The van der Waals surface area contributed by atoms with Crippen molar-refractivity contribution in [2.75, 3.05) is 0 Å². The third kappa shape index (κ3) is 4.96. The molecule has 1 aromatic carbocycles. The maximum atomic E-state index is 12.2. The minimum Gasteiger partial charge on any atom is -0.465 e. The van der Waals surface area contributed by atoms with E-state index in [0.717, 1.165) is 17.7 Å². The number of nitrogens with zero attached hydrogens (tertiary/aromatic N) is 1. The molecule has 0 bridgehead atoms. The van der Waals surface area contributed by atoms with Crippen molar-refractivity contribution in [1.29, 1.82) is 0 Å². The molecule has 6 heteroatoms. The first kappa shape index (κ1) is 15.8. The molecule has 1 saturated carbocycles. The van der Waals surface area contributed by atoms with Crippen LogP contribution < -0.4 is 5.32 Å². The average molecular weight is 321 g/mol. The summed E-state index contributed by atoms with van der Waals surface area (Å²) in [6.07, 6.45) is -0.840. The third-order valence-corrected chi connectivity index (χ3v) is 3.75. The smallest absolute Gasteiger partial charge is 0.407 e. The summed E-state index contributed by atoms with van der Waals surface area (Å²) in [4.78, 5) is 24.8. The first-order chi connectivity index (χ1) is 11.4.